The van der Waals surface area contributed by atoms with E-state index in [1.165, 1.54) is 5.57 Å². The molecule has 25 heavy (non-hydrogen) atoms. The maximum atomic E-state index is 13.7. The van der Waals surface area contributed by atoms with Gasteiger partial charge in [-0.2, -0.15) is 0 Å². The lowest BCUT2D eigenvalue weighted by molar-refractivity contribution is -0.118. The number of carbonyl (C=O) groups excluding carboxylic acids is 1. The van der Waals surface area contributed by atoms with Gasteiger partial charge in [0.05, 0.1) is 0 Å². The summed E-state index contributed by atoms with van der Waals surface area (Å²) in [5.41, 5.74) is 7.10. The molecular formula is C20H25FN2O2. The predicted octanol–water partition coefficient (Wildman–Crippen LogP) is 3.34. The summed E-state index contributed by atoms with van der Waals surface area (Å²) >= 11 is 0. The second kappa shape index (κ2) is 8.30. The molecule has 0 aromatic carbocycles. The van der Waals surface area contributed by atoms with Gasteiger partial charge in [-0.05, 0) is 55.9 Å². The number of halogens is 1. The van der Waals surface area contributed by atoms with Gasteiger partial charge < -0.3 is 15.8 Å². The first kappa shape index (κ1) is 17.7. The molecule has 3 aliphatic rings. The van der Waals surface area contributed by atoms with E-state index in [9.17, 15) is 9.18 Å². The number of ether oxygens (including phenoxy) is 1. The zero-order valence-corrected chi connectivity index (χ0v) is 14.3. The Hall–Kier alpha value is -2.14. The monoisotopic (exact) mass is 344 g/mol. The molecule has 3 N–H and O–H groups in total. The summed E-state index contributed by atoms with van der Waals surface area (Å²) in [6, 6.07) is 0.409. The first-order valence-electron chi connectivity index (χ1n) is 8.92. The van der Waals surface area contributed by atoms with Crippen LogP contribution in [-0.2, 0) is 9.53 Å². The van der Waals surface area contributed by atoms with Gasteiger partial charge in [-0.3, -0.25) is 4.79 Å². The second-order valence-corrected chi connectivity index (χ2v) is 6.69. The molecule has 3 rings (SSSR count). The average molecular weight is 344 g/mol. The Morgan fingerprint density at radius 2 is 2.04 bits per heavy atom. The van der Waals surface area contributed by atoms with Crippen molar-refractivity contribution in [3.05, 3.63) is 59.2 Å². The topological polar surface area (TPSA) is 64.4 Å². The molecule has 0 bridgehead atoms. The Morgan fingerprint density at radius 1 is 1.20 bits per heavy atom. The molecule has 0 aromatic rings. The number of hydrogen-bond donors (Lipinski definition) is 2. The van der Waals surface area contributed by atoms with Gasteiger partial charge >= 0.3 is 0 Å². The number of rotatable bonds is 6. The van der Waals surface area contributed by atoms with E-state index < -0.39 is 0 Å². The van der Waals surface area contributed by atoms with E-state index >= 15 is 0 Å². The first-order valence-corrected chi connectivity index (χ1v) is 8.92. The molecule has 0 spiro atoms. The molecule has 1 aliphatic heterocycles. The minimum absolute atomic E-state index is 0.164. The Labute approximate surface area is 148 Å². The highest BCUT2D eigenvalue weighted by atomic mass is 19.1. The van der Waals surface area contributed by atoms with Crippen LogP contribution in [0.15, 0.2) is 59.2 Å². The number of primary amides is 1. The minimum atomic E-state index is -0.265. The smallest absolute Gasteiger partial charge is 0.218 e. The summed E-state index contributed by atoms with van der Waals surface area (Å²) in [6.07, 6.45) is 16.4. The van der Waals surface area contributed by atoms with Gasteiger partial charge in [-0.25, -0.2) is 4.39 Å². The predicted molar refractivity (Wildman–Crippen MR) is 96.1 cm³/mol. The molecule has 134 valence electrons. The van der Waals surface area contributed by atoms with Crippen molar-refractivity contribution < 1.29 is 13.9 Å². The van der Waals surface area contributed by atoms with Crippen LogP contribution in [0.25, 0.3) is 0 Å². The summed E-state index contributed by atoms with van der Waals surface area (Å²) in [5, 5.41) is 3.47. The van der Waals surface area contributed by atoms with E-state index in [1.807, 2.05) is 24.3 Å². The molecule has 4 nitrogen and oxygen atoms in total. The maximum absolute atomic E-state index is 13.7. The molecule has 2 atom stereocenters. The number of carbonyl (C=O) groups is 1. The molecular weight excluding hydrogens is 319 g/mol. The fourth-order valence-electron chi connectivity index (χ4n) is 3.46. The zero-order chi connectivity index (χ0) is 17.6. The molecule has 0 radical (unpaired) electrons. The van der Waals surface area contributed by atoms with Crippen molar-refractivity contribution in [2.75, 3.05) is 6.61 Å². The van der Waals surface area contributed by atoms with Gasteiger partial charge in [0.2, 0.25) is 5.91 Å². The summed E-state index contributed by atoms with van der Waals surface area (Å²) in [5.74, 6) is 0.329. The van der Waals surface area contributed by atoms with Crippen LogP contribution in [0, 0.1) is 0 Å². The lowest BCUT2D eigenvalue weighted by Gasteiger charge is -2.14. The third-order valence-corrected chi connectivity index (χ3v) is 4.79. The molecule has 2 aliphatic carbocycles. The van der Waals surface area contributed by atoms with Gasteiger partial charge in [0, 0.05) is 24.1 Å². The summed E-state index contributed by atoms with van der Waals surface area (Å²) in [7, 11) is 0. The molecule has 0 aromatic heterocycles. The Bertz CT molecular complexity index is 673. The Morgan fingerprint density at radius 3 is 2.84 bits per heavy atom. The summed E-state index contributed by atoms with van der Waals surface area (Å²) in [6.45, 7) is 0.260. The van der Waals surface area contributed by atoms with Crippen LogP contribution in [0.1, 0.15) is 38.5 Å². The number of amides is 1. The number of nitrogens with one attached hydrogen (secondary N) is 1. The van der Waals surface area contributed by atoms with Crippen LogP contribution < -0.4 is 11.1 Å². The van der Waals surface area contributed by atoms with E-state index in [0.717, 1.165) is 37.9 Å². The summed E-state index contributed by atoms with van der Waals surface area (Å²) < 4.78 is 19.5. The van der Waals surface area contributed by atoms with E-state index in [2.05, 4.69) is 11.4 Å². The standard InChI is InChI=1S/C20H25FN2O2/c21-18-7-2-1-4-15(18)13-25-17-6-3-5-14(8-10-17)19-11-9-16(23-19)12-20(22)24/h4-8,10,16,19,23H,1-3,9,11-13H2,(H2,22,24). The van der Waals surface area contributed by atoms with Crippen molar-refractivity contribution in [1.82, 2.24) is 5.32 Å². The first-order chi connectivity index (χ1) is 12.1. The Balaban J connectivity index is 1.52. The van der Waals surface area contributed by atoms with Crippen molar-refractivity contribution in [3.63, 3.8) is 0 Å². The number of allylic oxidation sites excluding steroid dienone is 5. The highest BCUT2D eigenvalue weighted by molar-refractivity contribution is 5.74. The molecule has 1 fully saturated rings. The Kier molecular flexibility index (Phi) is 5.87. The highest BCUT2D eigenvalue weighted by Gasteiger charge is 2.26. The largest absolute Gasteiger partial charge is 0.489 e. The van der Waals surface area contributed by atoms with Crippen LogP contribution in [-0.4, -0.2) is 24.6 Å². The molecule has 1 amide bonds. The van der Waals surface area contributed by atoms with Gasteiger partial charge in [-0.1, -0.05) is 18.2 Å². The van der Waals surface area contributed by atoms with Crippen molar-refractivity contribution in [1.29, 1.82) is 0 Å². The SMILES string of the molecule is NC(=O)CC1CCC(C2=CCC=C(OCC3=CCCC=C3F)C=C2)N1. The van der Waals surface area contributed by atoms with E-state index in [1.54, 1.807) is 6.08 Å². The third kappa shape index (κ3) is 4.92. The zero-order valence-electron chi connectivity index (χ0n) is 14.3. The lowest BCUT2D eigenvalue weighted by atomic mass is 10.0. The van der Waals surface area contributed by atoms with Gasteiger partial charge in [0.15, 0.2) is 0 Å². The molecule has 2 unspecified atom stereocenters. The molecule has 5 heteroatoms. The highest BCUT2D eigenvalue weighted by Crippen LogP contribution is 2.25. The van der Waals surface area contributed by atoms with Crippen LogP contribution in [0.4, 0.5) is 4.39 Å². The number of hydrogen-bond acceptors (Lipinski definition) is 3. The van der Waals surface area contributed by atoms with Crippen molar-refractivity contribution in [3.8, 4) is 0 Å². The second-order valence-electron chi connectivity index (χ2n) is 6.69. The van der Waals surface area contributed by atoms with Crippen molar-refractivity contribution >= 4 is 5.91 Å². The third-order valence-electron chi connectivity index (χ3n) is 4.79. The average Bonchev–Trinajstić information content (AvgIpc) is 2.90. The quantitative estimate of drug-likeness (QED) is 0.777. The molecule has 0 saturated carbocycles. The van der Waals surface area contributed by atoms with Gasteiger partial charge in [-0.15, -0.1) is 0 Å². The van der Waals surface area contributed by atoms with Gasteiger partial charge in [0.1, 0.15) is 18.2 Å². The van der Waals surface area contributed by atoms with E-state index in [-0.39, 0.29) is 30.4 Å². The van der Waals surface area contributed by atoms with Crippen molar-refractivity contribution in [2.45, 2.75) is 50.6 Å². The van der Waals surface area contributed by atoms with Crippen LogP contribution in [0.3, 0.4) is 0 Å². The molecule has 1 heterocycles. The number of nitrogens with two attached hydrogens (primary N) is 1. The normalized spacial score (nSPS) is 26.3. The fourth-order valence-corrected chi connectivity index (χ4v) is 3.46. The van der Waals surface area contributed by atoms with E-state index in [4.69, 9.17) is 10.5 Å². The van der Waals surface area contributed by atoms with Crippen molar-refractivity contribution in [2.24, 2.45) is 5.73 Å². The van der Waals surface area contributed by atoms with Crippen LogP contribution in [0.5, 0.6) is 0 Å². The minimum Gasteiger partial charge on any atom is -0.489 e. The molecule has 1 saturated heterocycles. The maximum Gasteiger partial charge on any atom is 0.218 e. The van der Waals surface area contributed by atoms with Crippen LogP contribution >= 0.6 is 0 Å². The van der Waals surface area contributed by atoms with Crippen LogP contribution in [0.2, 0.25) is 0 Å². The lowest BCUT2D eigenvalue weighted by Crippen LogP contribution is -2.33. The fraction of sp³-hybridized carbons (Fsp3) is 0.450. The summed E-state index contributed by atoms with van der Waals surface area (Å²) in [4.78, 5) is 11.1. The van der Waals surface area contributed by atoms with E-state index in [0.29, 0.717) is 12.0 Å². The van der Waals surface area contributed by atoms with Gasteiger partial charge in [0.25, 0.3) is 0 Å².